The molecule has 0 radical (unpaired) electrons. The van der Waals surface area contributed by atoms with Gasteiger partial charge in [-0.15, -0.1) is 11.3 Å². The molecule has 0 aliphatic carbocycles. The molecular weight excluding hydrogens is 292 g/mol. The van der Waals surface area contributed by atoms with Gasteiger partial charge in [0.25, 0.3) is 0 Å². The van der Waals surface area contributed by atoms with Crippen molar-refractivity contribution in [3.05, 3.63) is 71.2 Å². The van der Waals surface area contributed by atoms with Crippen LogP contribution in [0.4, 0.5) is 5.13 Å². The molecule has 0 fully saturated rings. The number of aryl methyl sites for hydroxylation is 1. The van der Waals surface area contributed by atoms with E-state index < -0.39 is 0 Å². The number of amides is 1. The molecule has 3 nitrogen and oxygen atoms in total. The third-order valence-electron chi connectivity index (χ3n) is 3.29. The molecule has 0 aliphatic heterocycles. The molecular formula is C18H16N2OS. The third-order valence-corrected chi connectivity index (χ3v) is 4.17. The number of anilines is 1. The van der Waals surface area contributed by atoms with Gasteiger partial charge in [0.15, 0.2) is 5.13 Å². The minimum atomic E-state index is -0.0400. The van der Waals surface area contributed by atoms with Gasteiger partial charge in [-0.3, -0.25) is 4.79 Å². The number of carbonyl (C=O) groups is 1. The largest absolute Gasteiger partial charge is 0.302 e. The summed E-state index contributed by atoms with van der Waals surface area (Å²) in [6.45, 7) is 1.91. The average Bonchev–Trinajstić information content (AvgIpc) is 2.94. The maximum Gasteiger partial charge on any atom is 0.230 e. The van der Waals surface area contributed by atoms with E-state index in [1.807, 2.05) is 54.8 Å². The van der Waals surface area contributed by atoms with Crippen molar-refractivity contribution in [1.82, 2.24) is 4.98 Å². The molecule has 0 atom stereocenters. The summed E-state index contributed by atoms with van der Waals surface area (Å²) in [6, 6.07) is 18.3. The maximum absolute atomic E-state index is 12.0. The van der Waals surface area contributed by atoms with Crippen LogP contribution in [-0.2, 0) is 11.2 Å². The Hall–Kier alpha value is -2.46. The first-order valence-corrected chi connectivity index (χ1v) is 7.95. The van der Waals surface area contributed by atoms with Crippen molar-refractivity contribution in [2.45, 2.75) is 13.3 Å². The van der Waals surface area contributed by atoms with Gasteiger partial charge in [-0.25, -0.2) is 4.98 Å². The van der Waals surface area contributed by atoms with E-state index in [-0.39, 0.29) is 5.91 Å². The Kier molecular flexibility index (Phi) is 4.30. The average molecular weight is 308 g/mol. The van der Waals surface area contributed by atoms with Crippen LogP contribution in [0.25, 0.3) is 11.1 Å². The van der Waals surface area contributed by atoms with Gasteiger partial charge in [0, 0.05) is 5.38 Å². The molecule has 1 aromatic heterocycles. The van der Waals surface area contributed by atoms with Crippen LogP contribution >= 0.6 is 11.3 Å². The van der Waals surface area contributed by atoms with Crippen LogP contribution in [0.15, 0.2) is 60.0 Å². The highest BCUT2D eigenvalue weighted by Crippen LogP contribution is 2.20. The van der Waals surface area contributed by atoms with Crippen LogP contribution in [0.2, 0.25) is 0 Å². The molecule has 110 valence electrons. The lowest BCUT2D eigenvalue weighted by Crippen LogP contribution is -2.14. The topological polar surface area (TPSA) is 42.0 Å². The molecule has 0 saturated carbocycles. The number of carbonyl (C=O) groups excluding carboxylic acids is 1. The van der Waals surface area contributed by atoms with E-state index in [4.69, 9.17) is 0 Å². The van der Waals surface area contributed by atoms with E-state index in [1.165, 1.54) is 16.9 Å². The van der Waals surface area contributed by atoms with Crippen molar-refractivity contribution in [1.29, 1.82) is 0 Å². The molecule has 1 N–H and O–H groups in total. The molecule has 22 heavy (non-hydrogen) atoms. The summed E-state index contributed by atoms with van der Waals surface area (Å²) in [7, 11) is 0. The SMILES string of the molecule is Cc1csc(NC(=O)Cc2ccc(-c3ccccc3)cc2)n1. The summed E-state index contributed by atoms with van der Waals surface area (Å²) in [6.07, 6.45) is 0.355. The second-order valence-electron chi connectivity index (χ2n) is 5.08. The van der Waals surface area contributed by atoms with Crippen LogP contribution in [0, 0.1) is 6.92 Å². The second kappa shape index (κ2) is 6.54. The second-order valence-corrected chi connectivity index (χ2v) is 5.94. The Bertz CT molecular complexity index is 763. The Labute approximate surface area is 133 Å². The van der Waals surface area contributed by atoms with Crippen LogP contribution in [0.1, 0.15) is 11.3 Å². The first kappa shape index (κ1) is 14.5. The molecule has 0 bridgehead atoms. The Morgan fingerprint density at radius 1 is 1.05 bits per heavy atom. The summed E-state index contributed by atoms with van der Waals surface area (Å²) in [5.41, 5.74) is 4.25. The zero-order valence-electron chi connectivity index (χ0n) is 12.2. The van der Waals surface area contributed by atoms with Gasteiger partial charge in [-0.1, -0.05) is 54.6 Å². The zero-order chi connectivity index (χ0) is 15.4. The highest BCUT2D eigenvalue weighted by Gasteiger charge is 2.07. The molecule has 1 amide bonds. The number of nitrogens with one attached hydrogen (secondary N) is 1. The van der Waals surface area contributed by atoms with Crippen molar-refractivity contribution < 1.29 is 4.79 Å². The number of thiazole rings is 1. The lowest BCUT2D eigenvalue weighted by Gasteiger charge is -2.05. The van der Waals surface area contributed by atoms with Gasteiger partial charge >= 0.3 is 0 Å². The zero-order valence-corrected chi connectivity index (χ0v) is 13.1. The Morgan fingerprint density at radius 2 is 1.73 bits per heavy atom. The number of benzene rings is 2. The van der Waals surface area contributed by atoms with Crippen molar-refractivity contribution >= 4 is 22.4 Å². The third kappa shape index (κ3) is 3.59. The predicted octanol–water partition coefficient (Wildman–Crippen LogP) is 4.30. The number of nitrogens with zero attached hydrogens (tertiary/aromatic N) is 1. The molecule has 0 spiro atoms. The number of hydrogen-bond donors (Lipinski definition) is 1. The lowest BCUT2D eigenvalue weighted by atomic mass is 10.0. The van der Waals surface area contributed by atoms with Crippen LogP contribution < -0.4 is 5.32 Å². The summed E-state index contributed by atoms with van der Waals surface area (Å²) in [5, 5.41) is 5.40. The number of hydrogen-bond acceptors (Lipinski definition) is 3. The fraction of sp³-hybridized carbons (Fsp3) is 0.111. The van der Waals surface area contributed by atoms with Crippen molar-refractivity contribution in [3.63, 3.8) is 0 Å². The normalized spacial score (nSPS) is 10.4. The number of rotatable bonds is 4. The molecule has 3 aromatic rings. The van der Waals surface area contributed by atoms with E-state index in [2.05, 4.69) is 22.4 Å². The summed E-state index contributed by atoms with van der Waals surface area (Å²) in [4.78, 5) is 16.2. The molecule has 1 heterocycles. The monoisotopic (exact) mass is 308 g/mol. The molecule has 0 saturated heterocycles. The quantitative estimate of drug-likeness (QED) is 0.781. The molecule has 0 aliphatic rings. The Morgan fingerprint density at radius 3 is 2.36 bits per heavy atom. The first-order valence-electron chi connectivity index (χ1n) is 7.07. The summed E-state index contributed by atoms with van der Waals surface area (Å²) in [5.74, 6) is -0.0400. The molecule has 0 unspecified atom stereocenters. The van der Waals surface area contributed by atoms with Crippen molar-refractivity contribution in [3.8, 4) is 11.1 Å². The minimum Gasteiger partial charge on any atom is -0.302 e. The lowest BCUT2D eigenvalue weighted by molar-refractivity contribution is -0.115. The fourth-order valence-corrected chi connectivity index (χ4v) is 2.91. The molecule has 4 heteroatoms. The van der Waals surface area contributed by atoms with Crippen LogP contribution in [0.5, 0.6) is 0 Å². The summed E-state index contributed by atoms with van der Waals surface area (Å²) >= 11 is 1.45. The minimum absolute atomic E-state index is 0.0400. The van der Waals surface area contributed by atoms with E-state index >= 15 is 0 Å². The predicted molar refractivity (Wildman–Crippen MR) is 91.1 cm³/mol. The van der Waals surface area contributed by atoms with Gasteiger partial charge in [0.1, 0.15) is 0 Å². The van der Waals surface area contributed by atoms with Gasteiger partial charge in [0.05, 0.1) is 12.1 Å². The van der Waals surface area contributed by atoms with Gasteiger partial charge in [0.2, 0.25) is 5.91 Å². The van der Waals surface area contributed by atoms with Crippen molar-refractivity contribution in [2.24, 2.45) is 0 Å². The van der Waals surface area contributed by atoms with E-state index in [0.717, 1.165) is 16.8 Å². The summed E-state index contributed by atoms with van der Waals surface area (Å²) < 4.78 is 0. The fourth-order valence-electron chi connectivity index (χ4n) is 2.21. The molecule has 2 aromatic carbocycles. The van der Waals surface area contributed by atoms with E-state index in [9.17, 15) is 4.79 Å². The van der Waals surface area contributed by atoms with E-state index in [0.29, 0.717) is 11.6 Å². The first-order chi connectivity index (χ1) is 10.7. The highest BCUT2D eigenvalue weighted by atomic mass is 32.1. The van der Waals surface area contributed by atoms with Crippen LogP contribution in [-0.4, -0.2) is 10.9 Å². The molecule has 3 rings (SSSR count). The standard InChI is InChI=1S/C18H16N2OS/c1-13-12-22-18(19-13)20-17(21)11-14-7-9-16(10-8-14)15-5-3-2-4-6-15/h2-10,12H,11H2,1H3,(H,19,20,21). The van der Waals surface area contributed by atoms with E-state index in [1.54, 1.807) is 0 Å². The van der Waals surface area contributed by atoms with Gasteiger partial charge in [-0.05, 0) is 23.6 Å². The Balaban J connectivity index is 1.65. The van der Waals surface area contributed by atoms with Gasteiger partial charge < -0.3 is 5.32 Å². The van der Waals surface area contributed by atoms with Crippen LogP contribution in [0.3, 0.4) is 0 Å². The maximum atomic E-state index is 12.0. The smallest absolute Gasteiger partial charge is 0.230 e. The van der Waals surface area contributed by atoms with Crippen molar-refractivity contribution in [2.75, 3.05) is 5.32 Å². The highest BCUT2D eigenvalue weighted by molar-refractivity contribution is 7.13. The number of aromatic nitrogens is 1. The van der Waals surface area contributed by atoms with Gasteiger partial charge in [-0.2, -0.15) is 0 Å².